The third-order valence-electron chi connectivity index (χ3n) is 10.6. The van der Waals surface area contributed by atoms with Gasteiger partial charge in [0, 0.05) is 32.1 Å². The molecule has 2 bridgehead atoms. The summed E-state index contributed by atoms with van der Waals surface area (Å²) in [7, 11) is 0. The average molecular weight is 696 g/mol. The lowest BCUT2D eigenvalue weighted by atomic mass is 9.68. The zero-order chi connectivity index (χ0) is 32.8. The highest BCUT2D eigenvalue weighted by Crippen LogP contribution is 2.69. The topological polar surface area (TPSA) is 88.5 Å². The third-order valence-corrected chi connectivity index (χ3v) is 13.7. The molecular weight excluding hydrogens is 669 g/mol. The van der Waals surface area contributed by atoms with Crippen molar-refractivity contribution in [1.29, 1.82) is 0 Å². The van der Waals surface area contributed by atoms with E-state index in [1.54, 1.807) is 52.7 Å². The predicted octanol–water partition coefficient (Wildman–Crippen LogP) is 7.17. The molecule has 2 aliphatic carbocycles. The van der Waals surface area contributed by atoms with Crippen LogP contribution in [-0.4, -0.2) is 27.5 Å². The number of carbonyl (C=O) groups is 3. The van der Waals surface area contributed by atoms with Gasteiger partial charge in [-0.1, -0.05) is 71.5 Å². The van der Waals surface area contributed by atoms with Crippen LogP contribution in [0.15, 0.2) is 101 Å². The lowest BCUT2D eigenvalue weighted by Gasteiger charge is -2.43. The van der Waals surface area contributed by atoms with E-state index in [9.17, 15) is 23.6 Å². The number of carbonyl (C=O) groups excluding carboxylic acids is 3. The van der Waals surface area contributed by atoms with E-state index in [0.717, 1.165) is 39.0 Å². The number of halogens is 2. The Morgan fingerprint density at radius 3 is 2.35 bits per heavy atom. The van der Waals surface area contributed by atoms with E-state index in [-0.39, 0.29) is 63.9 Å². The summed E-state index contributed by atoms with van der Waals surface area (Å²) >= 11 is 8.78. The number of anilines is 2. The second-order valence-corrected chi connectivity index (χ2v) is 15.6. The SMILES string of the molecule is O=C(Cn1c2c(sc1=O)C(c1ccc(F)cc1)C1C3CC(C1S2)C1C(=O)N(c2ccc(Cl)cc2)C(=O)C31)Nc1cccc2ccccc12. The Hall–Kier alpha value is -4.25. The molecule has 0 spiro atoms. The van der Waals surface area contributed by atoms with Crippen LogP contribution in [-0.2, 0) is 20.9 Å². The summed E-state index contributed by atoms with van der Waals surface area (Å²) in [6.45, 7) is -0.170. The lowest BCUT2D eigenvalue weighted by Crippen LogP contribution is -2.43. The number of rotatable bonds is 5. The van der Waals surface area contributed by atoms with Gasteiger partial charge >= 0.3 is 4.87 Å². The number of aromatic nitrogens is 1. The van der Waals surface area contributed by atoms with Crippen molar-refractivity contribution >= 4 is 74.6 Å². The van der Waals surface area contributed by atoms with Crippen LogP contribution in [0.25, 0.3) is 10.8 Å². The van der Waals surface area contributed by atoms with E-state index in [2.05, 4.69) is 5.32 Å². The number of nitrogens with one attached hydrogen (secondary N) is 1. The molecule has 1 N–H and O–H groups in total. The fraction of sp³-hybridized carbons (Fsp3) is 0.243. The first-order valence-electron chi connectivity index (χ1n) is 15.8. The number of benzene rings is 4. The Morgan fingerprint density at radius 2 is 1.58 bits per heavy atom. The van der Waals surface area contributed by atoms with Crippen molar-refractivity contribution in [2.75, 3.05) is 10.2 Å². The zero-order valence-electron chi connectivity index (χ0n) is 25.2. The van der Waals surface area contributed by atoms with Crippen LogP contribution in [0.4, 0.5) is 15.8 Å². The second kappa shape index (κ2) is 11.1. The molecule has 2 saturated carbocycles. The van der Waals surface area contributed by atoms with Crippen molar-refractivity contribution in [2.45, 2.75) is 29.2 Å². The van der Waals surface area contributed by atoms with E-state index in [4.69, 9.17) is 11.6 Å². The Morgan fingerprint density at radius 1 is 0.875 bits per heavy atom. The fourth-order valence-electron chi connectivity index (χ4n) is 8.81. The van der Waals surface area contributed by atoms with E-state index >= 15 is 0 Å². The molecule has 4 aliphatic rings. The van der Waals surface area contributed by atoms with Gasteiger partial charge in [0.15, 0.2) is 0 Å². The molecule has 7 unspecified atom stereocenters. The molecule has 1 saturated heterocycles. The molecule has 2 aliphatic heterocycles. The first kappa shape index (κ1) is 29.9. The predicted molar refractivity (Wildman–Crippen MR) is 185 cm³/mol. The lowest BCUT2D eigenvalue weighted by molar-refractivity contribution is -0.123. The number of thiazole rings is 1. The monoisotopic (exact) mass is 695 g/mol. The van der Waals surface area contributed by atoms with Crippen LogP contribution in [0, 0.1) is 35.4 Å². The van der Waals surface area contributed by atoms with Crippen LogP contribution < -0.4 is 15.1 Å². The summed E-state index contributed by atoms with van der Waals surface area (Å²) in [4.78, 5) is 57.1. The first-order chi connectivity index (χ1) is 23.3. The van der Waals surface area contributed by atoms with Crippen molar-refractivity contribution in [1.82, 2.24) is 4.57 Å². The summed E-state index contributed by atoms with van der Waals surface area (Å²) < 4.78 is 15.7. The van der Waals surface area contributed by atoms with Gasteiger partial charge in [0.05, 0.1) is 22.5 Å². The number of hydrogen-bond donors (Lipinski definition) is 1. The highest BCUT2D eigenvalue weighted by Gasteiger charge is 2.69. The molecule has 48 heavy (non-hydrogen) atoms. The smallest absolute Gasteiger partial charge is 0.308 e. The van der Waals surface area contributed by atoms with Crippen LogP contribution in [0.1, 0.15) is 22.8 Å². The van der Waals surface area contributed by atoms with Gasteiger partial charge < -0.3 is 5.32 Å². The molecule has 1 aromatic heterocycles. The zero-order valence-corrected chi connectivity index (χ0v) is 27.6. The number of nitrogens with zero attached hydrogens (tertiary/aromatic N) is 2. The Kier molecular flexibility index (Phi) is 6.94. The molecule has 3 heterocycles. The van der Waals surface area contributed by atoms with Gasteiger partial charge in [-0.25, -0.2) is 4.39 Å². The molecule has 9 rings (SSSR count). The van der Waals surface area contributed by atoms with Crippen molar-refractivity contribution in [2.24, 2.45) is 29.6 Å². The minimum Gasteiger partial charge on any atom is -0.324 e. The van der Waals surface area contributed by atoms with E-state index in [0.29, 0.717) is 21.4 Å². The van der Waals surface area contributed by atoms with Crippen molar-refractivity contribution < 1.29 is 18.8 Å². The summed E-state index contributed by atoms with van der Waals surface area (Å²) in [5.41, 5.74) is 2.04. The molecule has 3 fully saturated rings. The number of amides is 3. The quantitative estimate of drug-likeness (QED) is 0.197. The molecular formula is C37H27ClFN3O4S2. The second-order valence-electron chi connectivity index (χ2n) is 13.0. The number of imide groups is 1. The summed E-state index contributed by atoms with van der Waals surface area (Å²) in [5, 5.41) is 6.07. The molecule has 7 nitrogen and oxygen atoms in total. The summed E-state index contributed by atoms with van der Waals surface area (Å²) in [6.07, 6.45) is 0.724. The van der Waals surface area contributed by atoms with Crippen LogP contribution in [0.5, 0.6) is 0 Å². The van der Waals surface area contributed by atoms with Crippen molar-refractivity contribution in [3.8, 4) is 0 Å². The molecule has 11 heteroatoms. The molecule has 7 atom stereocenters. The van der Waals surface area contributed by atoms with Gasteiger partial charge in [-0.3, -0.25) is 28.6 Å². The largest absolute Gasteiger partial charge is 0.324 e. The van der Waals surface area contributed by atoms with E-state index in [1.165, 1.54) is 17.0 Å². The summed E-state index contributed by atoms with van der Waals surface area (Å²) in [6, 6.07) is 26.6. The van der Waals surface area contributed by atoms with Crippen LogP contribution >= 0.6 is 34.7 Å². The van der Waals surface area contributed by atoms with Gasteiger partial charge in [-0.15, -0.1) is 11.8 Å². The highest BCUT2D eigenvalue weighted by atomic mass is 35.5. The average Bonchev–Trinajstić information content (AvgIpc) is 3.81. The van der Waals surface area contributed by atoms with Gasteiger partial charge in [-0.05, 0) is 77.6 Å². The number of fused-ring (bicyclic) bond motifs is 10. The molecule has 240 valence electrons. The van der Waals surface area contributed by atoms with Crippen molar-refractivity contribution in [3.63, 3.8) is 0 Å². The van der Waals surface area contributed by atoms with Crippen molar-refractivity contribution in [3.05, 3.63) is 122 Å². The van der Waals surface area contributed by atoms with Gasteiger partial charge in [-0.2, -0.15) is 0 Å². The van der Waals surface area contributed by atoms with E-state index in [1.807, 2.05) is 42.5 Å². The third kappa shape index (κ3) is 4.45. The normalized spacial score (nSPS) is 26.9. The maximum absolute atomic E-state index is 14.2. The minimum absolute atomic E-state index is 0.0443. The molecule has 3 amide bonds. The van der Waals surface area contributed by atoms with Gasteiger partial charge in [0.25, 0.3) is 0 Å². The maximum atomic E-state index is 14.2. The highest BCUT2D eigenvalue weighted by molar-refractivity contribution is 8.00. The van der Waals surface area contributed by atoms with Gasteiger partial charge in [0.2, 0.25) is 17.7 Å². The van der Waals surface area contributed by atoms with Crippen LogP contribution in [0.3, 0.4) is 0 Å². The molecule has 5 aromatic rings. The fourth-order valence-corrected chi connectivity index (χ4v) is 12.1. The Bertz CT molecular complexity index is 2210. The standard InChI is InChI=1S/C37H27ClFN3O4S2/c38-20-10-14-22(15-11-20)42-34(44)30-24-16-25(31(30)35(42)45)32-29(24)28(19-8-12-21(39)13-9-19)33-36(47-32)41(37(46)48-33)17-27(43)40-26-7-3-5-18-4-1-2-6-23(18)26/h1-15,24-25,28-32H,16-17H2,(H,40,43). The Balaban J connectivity index is 1.09. The Labute approximate surface area is 287 Å². The van der Waals surface area contributed by atoms with E-state index < -0.39 is 11.8 Å². The van der Waals surface area contributed by atoms with Gasteiger partial charge in [0.1, 0.15) is 12.4 Å². The molecule has 0 radical (unpaired) electrons. The first-order valence-corrected chi connectivity index (χ1v) is 17.9. The summed E-state index contributed by atoms with van der Waals surface area (Å²) in [5.74, 6) is -2.50. The molecule has 4 aromatic carbocycles. The number of hydrogen-bond acceptors (Lipinski definition) is 6. The minimum atomic E-state index is -0.463. The van der Waals surface area contributed by atoms with Crippen LogP contribution in [0.2, 0.25) is 5.02 Å². The number of thioether (sulfide) groups is 1. The maximum Gasteiger partial charge on any atom is 0.308 e.